The number of nitrogens with zero attached hydrogens (tertiary/aromatic N) is 2. The maximum atomic E-state index is 12.9. The van der Waals surface area contributed by atoms with Crippen LogP contribution in [0.15, 0.2) is 48.7 Å². The molecule has 1 aromatic carbocycles. The quantitative estimate of drug-likeness (QED) is 0.818. The van der Waals surface area contributed by atoms with E-state index in [4.69, 9.17) is 0 Å². The van der Waals surface area contributed by atoms with Gasteiger partial charge in [-0.3, -0.25) is 4.79 Å². The Hall–Kier alpha value is -2.12. The molecule has 0 bridgehead atoms. The second-order valence-electron chi connectivity index (χ2n) is 6.29. The van der Waals surface area contributed by atoms with Gasteiger partial charge in [0.1, 0.15) is 5.69 Å². The molecule has 1 amide bonds. The van der Waals surface area contributed by atoms with Crippen LogP contribution in [0.25, 0.3) is 0 Å². The van der Waals surface area contributed by atoms with E-state index in [1.807, 2.05) is 54.1 Å². The van der Waals surface area contributed by atoms with Crippen LogP contribution in [0.2, 0.25) is 0 Å². The molecule has 1 atom stereocenters. The third-order valence-corrected chi connectivity index (χ3v) is 5.92. The lowest BCUT2D eigenvalue weighted by Crippen LogP contribution is -2.52. The summed E-state index contributed by atoms with van der Waals surface area (Å²) in [5.74, 6) is 0.0287. The minimum absolute atomic E-state index is 0.0696. The molecule has 0 radical (unpaired) electrons. The molecule has 2 heterocycles. The molecule has 25 heavy (non-hydrogen) atoms. The Bertz CT molecular complexity index is 830. The largest absolute Gasteiger partial charge is 0.341 e. The van der Waals surface area contributed by atoms with E-state index in [2.05, 4.69) is 4.72 Å². The Morgan fingerprint density at radius 3 is 2.64 bits per heavy atom. The molecule has 0 saturated heterocycles. The average Bonchev–Trinajstić information content (AvgIpc) is 3.05. The minimum Gasteiger partial charge on any atom is -0.341 e. The van der Waals surface area contributed by atoms with E-state index < -0.39 is 10.0 Å². The molecule has 2 aromatic rings. The average molecular weight is 361 g/mol. The number of amides is 1. The fraction of sp³-hybridized carbons (Fsp3) is 0.389. The maximum Gasteiger partial charge on any atom is 0.271 e. The summed E-state index contributed by atoms with van der Waals surface area (Å²) >= 11 is 0. The third kappa shape index (κ3) is 4.11. The standard InChI is InChI=1S/C18H23N3O3S/c1-2-11-25(23,24)19-12-16-14-20-10-6-9-17(20)18(22)21(16)13-15-7-4-3-5-8-15/h3-10,16,19H,2,11-14H2,1H3. The first-order chi connectivity index (χ1) is 12.0. The number of hydrogen-bond acceptors (Lipinski definition) is 3. The van der Waals surface area contributed by atoms with Crippen molar-refractivity contribution in [3.63, 3.8) is 0 Å². The van der Waals surface area contributed by atoms with Gasteiger partial charge in [-0.2, -0.15) is 0 Å². The molecule has 3 rings (SSSR count). The SMILES string of the molecule is CCCS(=O)(=O)NCC1Cn2cccc2C(=O)N1Cc1ccccc1. The minimum atomic E-state index is -3.31. The van der Waals surface area contributed by atoms with Crippen molar-refractivity contribution in [2.45, 2.75) is 32.5 Å². The topological polar surface area (TPSA) is 71.4 Å². The van der Waals surface area contributed by atoms with Crippen molar-refractivity contribution in [3.8, 4) is 0 Å². The number of aromatic nitrogens is 1. The molecule has 7 heteroatoms. The molecule has 134 valence electrons. The monoisotopic (exact) mass is 361 g/mol. The number of rotatable bonds is 7. The molecule has 1 aromatic heterocycles. The molecule has 0 spiro atoms. The van der Waals surface area contributed by atoms with Gasteiger partial charge in [-0.25, -0.2) is 13.1 Å². The number of hydrogen-bond donors (Lipinski definition) is 1. The van der Waals surface area contributed by atoms with E-state index in [0.29, 0.717) is 25.2 Å². The first-order valence-corrected chi connectivity index (χ1v) is 10.1. The van der Waals surface area contributed by atoms with E-state index in [1.165, 1.54) is 0 Å². The summed E-state index contributed by atoms with van der Waals surface area (Å²) in [5.41, 5.74) is 1.67. The number of carbonyl (C=O) groups is 1. The van der Waals surface area contributed by atoms with Crippen LogP contribution in [-0.2, 0) is 23.1 Å². The molecule has 1 unspecified atom stereocenters. The fourth-order valence-corrected chi connectivity index (χ4v) is 4.25. The van der Waals surface area contributed by atoms with Crippen molar-refractivity contribution in [1.82, 2.24) is 14.2 Å². The lowest BCUT2D eigenvalue weighted by atomic mass is 10.1. The molecule has 6 nitrogen and oxygen atoms in total. The second kappa shape index (κ2) is 7.41. The van der Waals surface area contributed by atoms with Crippen LogP contribution in [-0.4, -0.2) is 42.1 Å². The van der Waals surface area contributed by atoms with E-state index >= 15 is 0 Å². The number of nitrogens with one attached hydrogen (secondary N) is 1. The van der Waals surface area contributed by atoms with Crippen LogP contribution in [0.3, 0.4) is 0 Å². The van der Waals surface area contributed by atoms with Crippen LogP contribution in [0.5, 0.6) is 0 Å². The molecule has 0 fully saturated rings. The van der Waals surface area contributed by atoms with Crippen LogP contribution in [0.1, 0.15) is 29.4 Å². The molecule has 0 aliphatic carbocycles. The van der Waals surface area contributed by atoms with E-state index in [0.717, 1.165) is 5.56 Å². The van der Waals surface area contributed by atoms with E-state index in [9.17, 15) is 13.2 Å². The fourth-order valence-electron chi connectivity index (χ4n) is 3.13. The van der Waals surface area contributed by atoms with Crippen molar-refractivity contribution < 1.29 is 13.2 Å². The highest BCUT2D eigenvalue weighted by Crippen LogP contribution is 2.21. The zero-order valence-corrected chi connectivity index (χ0v) is 15.1. The zero-order valence-electron chi connectivity index (χ0n) is 14.3. The predicted octanol–water partition coefficient (Wildman–Crippen LogP) is 1.84. The van der Waals surface area contributed by atoms with Gasteiger partial charge in [0, 0.05) is 25.8 Å². The normalized spacial score (nSPS) is 17.6. The summed E-state index contributed by atoms with van der Waals surface area (Å²) in [6.07, 6.45) is 2.43. The van der Waals surface area contributed by atoms with Crippen molar-refractivity contribution in [1.29, 1.82) is 0 Å². The summed E-state index contributed by atoms with van der Waals surface area (Å²) in [6, 6.07) is 13.2. The van der Waals surface area contributed by atoms with Crippen molar-refractivity contribution in [3.05, 3.63) is 59.9 Å². The number of fused-ring (bicyclic) bond motifs is 1. The Labute approximate surface area is 148 Å². The lowest BCUT2D eigenvalue weighted by Gasteiger charge is -2.37. The molecular weight excluding hydrogens is 338 g/mol. The van der Waals surface area contributed by atoms with Gasteiger partial charge in [0.25, 0.3) is 5.91 Å². The van der Waals surface area contributed by atoms with Crippen LogP contribution in [0, 0.1) is 0 Å². The number of carbonyl (C=O) groups excluding carboxylic acids is 1. The highest BCUT2D eigenvalue weighted by atomic mass is 32.2. The van der Waals surface area contributed by atoms with Gasteiger partial charge in [0.2, 0.25) is 10.0 Å². The molecule has 0 saturated carbocycles. The highest BCUT2D eigenvalue weighted by molar-refractivity contribution is 7.89. The Balaban J connectivity index is 1.81. The Kier molecular flexibility index (Phi) is 5.24. The van der Waals surface area contributed by atoms with Crippen molar-refractivity contribution in [2.24, 2.45) is 0 Å². The van der Waals surface area contributed by atoms with Crippen molar-refractivity contribution in [2.75, 3.05) is 12.3 Å². The van der Waals surface area contributed by atoms with Crippen LogP contribution >= 0.6 is 0 Å². The summed E-state index contributed by atoms with van der Waals surface area (Å²) in [7, 11) is -3.31. The summed E-state index contributed by atoms with van der Waals surface area (Å²) in [6.45, 7) is 3.09. The predicted molar refractivity (Wildman–Crippen MR) is 96.6 cm³/mol. The van der Waals surface area contributed by atoms with Gasteiger partial charge in [0.15, 0.2) is 0 Å². The number of benzene rings is 1. The lowest BCUT2D eigenvalue weighted by molar-refractivity contribution is 0.0578. The number of sulfonamides is 1. The van der Waals surface area contributed by atoms with Gasteiger partial charge >= 0.3 is 0 Å². The summed E-state index contributed by atoms with van der Waals surface area (Å²) in [4.78, 5) is 14.6. The van der Waals surface area contributed by atoms with Crippen LogP contribution in [0.4, 0.5) is 0 Å². The smallest absolute Gasteiger partial charge is 0.271 e. The first-order valence-electron chi connectivity index (χ1n) is 8.47. The van der Waals surface area contributed by atoms with Gasteiger partial charge < -0.3 is 9.47 Å². The van der Waals surface area contributed by atoms with Gasteiger partial charge in [-0.1, -0.05) is 37.3 Å². The van der Waals surface area contributed by atoms with Crippen LogP contribution < -0.4 is 4.72 Å². The maximum absolute atomic E-state index is 12.9. The Morgan fingerprint density at radius 1 is 1.16 bits per heavy atom. The molecule has 1 aliphatic heterocycles. The third-order valence-electron chi connectivity index (χ3n) is 4.37. The summed E-state index contributed by atoms with van der Waals surface area (Å²) in [5, 5.41) is 0. The highest BCUT2D eigenvalue weighted by Gasteiger charge is 2.32. The molecule has 1 N–H and O–H groups in total. The Morgan fingerprint density at radius 2 is 1.92 bits per heavy atom. The van der Waals surface area contributed by atoms with E-state index in [-0.39, 0.29) is 24.2 Å². The summed E-state index contributed by atoms with van der Waals surface area (Å²) < 4.78 is 28.5. The van der Waals surface area contributed by atoms with E-state index in [1.54, 1.807) is 11.0 Å². The van der Waals surface area contributed by atoms with Gasteiger partial charge in [-0.15, -0.1) is 0 Å². The van der Waals surface area contributed by atoms with Gasteiger partial charge in [-0.05, 0) is 24.1 Å². The van der Waals surface area contributed by atoms with Crippen molar-refractivity contribution >= 4 is 15.9 Å². The zero-order chi connectivity index (χ0) is 17.9. The second-order valence-corrected chi connectivity index (χ2v) is 8.21. The first kappa shape index (κ1) is 17.7. The molecular formula is C18H23N3O3S. The van der Waals surface area contributed by atoms with Gasteiger partial charge in [0.05, 0.1) is 11.8 Å². The molecule has 1 aliphatic rings.